The monoisotopic (exact) mass is 402 g/mol. The molecule has 1 aromatic heterocycles. The Morgan fingerprint density at radius 3 is 2.71 bits per heavy atom. The molecule has 2 aromatic rings. The van der Waals surface area contributed by atoms with Crippen LogP contribution in [0.25, 0.3) is 0 Å². The number of hydrogen-bond donors (Lipinski definition) is 0. The summed E-state index contributed by atoms with van der Waals surface area (Å²) in [6.45, 7) is 7.01. The van der Waals surface area contributed by atoms with E-state index in [1.165, 1.54) is 11.1 Å². The minimum atomic E-state index is -0.224. The normalized spacial score (nSPS) is 21.0. The Morgan fingerprint density at radius 2 is 1.93 bits per heavy atom. The van der Waals surface area contributed by atoms with Gasteiger partial charge in [0.05, 0.1) is 31.6 Å². The maximum Gasteiger partial charge on any atom is 0.287 e. The van der Waals surface area contributed by atoms with E-state index in [1.54, 1.807) is 6.20 Å². The van der Waals surface area contributed by atoms with E-state index < -0.39 is 0 Å². The number of anilines is 1. The zero-order chi connectivity index (χ0) is 19.3. The Kier molecular flexibility index (Phi) is 6.29. The largest absolute Gasteiger partial charge is 0.379 e. The molecule has 0 bridgehead atoms. The summed E-state index contributed by atoms with van der Waals surface area (Å²) in [6.07, 6.45) is 4.08. The first-order chi connectivity index (χ1) is 13.7. The van der Waals surface area contributed by atoms with Gasteiger partial charge in [0.15, 0.2) is 0 Å². The van der Waals surface area contributed by atoms with E-state index in [-0.39, 0.29) is 10.6 Å². The summed E-state index contributed by atoms with van der Waals surface area (Å²) >= 11 is 6.50. The number of halogens is 1. The number of nitrogens with zero attached hydrogens (tertiary/aromatic N) is 4. The van der Waals surface area contributed by atoms with Gasteiger partial charge in [0.1, 0.15) is 5.02 Å². The second-order valence-corrected chi connectivity index (χ2v) is 8.04. The van der Waals surface area contributed by atoms with E-state index in [1.807, 2.05) is 30.3 Å². The van der Waals surface area contributed by atoms with Crippen molar-refractivity contribution in [3.05, 3.63) is 57.5 Å². The van der Waals surface area contributed by atoms with Crippen molar-refractivity contribution in [2.45, 2.75) is 19.4 Å². The second-order valence-electron chi connectivity index (χ2n) is 7.66. The van der Waals surface area contributed by atoms with E-state index in [0.29, 0.717) is 12.5 Å². The topological polar surface area (TPSA) is 50.6 Å². The third-order valence-electron chi connectivity index (χ3n) is 5.62. The van der Waals surface area contributed by atoms with Crippen LogP contribution in [0, 0.1) is 5.92 Å². The fourth-order valence-electron chi connectivity index (χ4n) is 4.13. The Morgan fingerprint density at radius 1 is 1.14 bits per heavy atom. The highest BCUT2D eigenvalue weighted by atomic mass is 35.5. The molecule has 28 heavy (non-hydrogen) atoms. The molecule has 2 aliphatic rings. The minimum Gasteiger partial charge on any atom is -0.379 e. The van der Waals surface area contributed by atoms with Gasteiger partial charge in [0, 0.05) is 32.7 Å². The molecule has 6 nitrogen and oxygen atoms in total. The molecule has 1 unspecified atom stereocenters. The van der Waals surface area contributed by atoms with E-state index in [4.69, 9.17) is 16.3 Å². The number of benzene rings is 1. The van der Waals surface area contributed by atoms with Crippen molar-refractivity contribution in [1.29, 1.82) is 0 Å². The van der Waals surface area contributed by atoms with Crippen molar-refractivity contribution in [2.75, 3.05) is 50.8 Å². The van der Waals surface area contributed by atoms with Gasteiger partial charge in [0.25, 0.3) is 5.56 Å². The standard InChI is InChI=1S/C21H27ClN4O2/c22-20-19(13-23-26(21(20)27)16-17-5-2-1-3-6-17)25-8-4-7-18(15-25)14-24-9-11-28-12-10-24/h1-3,5-6,13,18H,4,7-12,14-16H2. The van der Waals surface area contributed by atoms with Crippen LogP contribution in [0.2, 0.25) is 5.02 Å². The highest BCUT2D eigenvalue weighted by Crippen LogP contribution is 2.27. The maximum absolute atomic E-state index is 12.8. The van der Waals surface area contributed by atoms with Gasteiger partial charge in [-0.3, -0.25) is 9.69 Å². The molecule has 3 heterocycles. The van der Waals surface area contributed by atoms with Crippen LogP contribution in [-0.2, 0) is 11.3 Å². The number of hydrogen-bond acceptors (Lipinski definition) is 5. The lowest BCUT2D eigenvalue weighted by Crippen LogP contribution is -2.45. The van der Waals surface area contributed by atoms with Crippen LogP contribution >= 0.6 is 11.6 Å². The molecule has 2 saturated heterocycles. The predicted molar refractivity (Wildman–Crippen MR) is 111 cm³/mol. The van der Waals surface area contributed by atoms with Gasteiger partial charge in [-0.1, -0.05) is 41.9 Å². The van der Waals surface area contributed by atoms with Crippen LogP contribution in [0.3, 0.4) is 0 Å². The fraction of sp³-hybridized carbons (Fsp3) is 0.524. The zero-order valence-electron chi connectivity index (χ0n) is 16.1. The summed E-state index contributed by atoms with van der Waals surface area (Å²) in [5.41, 5.74) is 1.57. The third-order valence-corrected chi connectivity index (χ3v) is 5.98. The molecule has 0 amide bonds. The van der Waals surface area contributed by atoms with Gasteiger partial charge in [-0.15, -0.1) is 0 Å². The second kappa shape index (κ2) is 9.07. The third kappa shape index (κ3) is 4.57. The Balaban J connectivity index is 1.46. The molecular formula is C21H27ClN4O2. The Hall–Kier alpha value is -1.89. The molecule has 0 radical (unpaired) electrons. The lowest BCUT2D eigenvalue weighted by atomic mass is 9.97. The Labute approximate surface area is 170 Å². The maximum atomic E-state index is 12.8. The first-order valence-corrected chi connectivity index (χ1v) is 10.4. The lowest BCUT2D eigenvalue weighted by molar-refractivity contribution is 0.0296. The molecule has 4 rings (SSSR count). The molecule has 150 valence electrons. The van der Waals surface area contributed by atoms with E-state index in [2.05, 4.69) is 14.9 Å². The SMILES string of the molecule is O=c1c(Cl)c(N2CCCC(CN3CCOCC3)C2)cnn1Cc1ccccc1. The summed E-state index contributed by atoms with van der Waals surface area (Å²) in [5.74, 6) is 0.578. The van der Waals surface area contributed by atoms with Crippen molar-refractivity contribution >= 4 is 17.3 Å². The highest BCUT2D eigenvalue weighted by molar-refractivity contribution is 6.33. The highest BCUT2D eigenvalue weighted by Gasteiger charge is 2.25. The lowest BCUT2D eigenvalue weighted by Gasteiger charge is -2.37. The first kappa shape index (κ1) is 19.4. The zero-order valence-corrected chi connectivity index (χ0v) is 16.9. The number of ether oxygens (including phenoxy) is 1. The van der Waals surface area contributed by atoms with Crippen LogP contribution < -0.4 is 10.5 Å². The minimum absolute atomic E-state index is 0.224. The fourth-order valence-corrected chi connectivity index (χ4v) is 4.39. The number of morpholine rings is 1. The first-order valence-electron chi connectivity index (χ1n) is 10.1. The van der Waals surface area contributed by atoms with E-state index in [9.17, 15) is 4.79 Å². The van der Waals surface area contributed by atoms with Crippen molar-refractivity contribution in [3.63, 3.8) is 0 Å². The molecule has 0 saturated carbocycles. The molecule has 0 aliphatic carbocycles. The molecular weight excluding hydrogens is 376 g/mol. The molecule has 2 fully saturated rings. The van der Waals surface area contributed by atoms with Gasteiger partial charge in [-0.25, -0.2) is 4.68 Å². The summed E-state index contributed by atoms with van der Waals surface area (Å²) in [5, 5.41) is 4.68. The molecule has 1 atom stereocenters. The average molecular weight is 403 g/mol. The van der Waals surface area contributed by atoms with Crippen molar-refractivity contribution in [3.8, 4) is 0 Å². The number of aromatic nitrogens is 2. The van der Waals surface area contributed by atoms with Gasteiger partial charge >= 0.3 is 0 Å². The van der Waals surface area contributed by atoms with E-state index >= 15 is 0 Å². The van der Waals surface area contributed by atoms with Crippen LogP contribution in [0.5, 0.6) is 0 Å². The van der Waals surface area contributed by atoms with Crippen LogP contribution in [0.4, 0.5) is 5.69 Å². The average Bonchev–Trinajstić information content (AvgIpc) is 2.73. The summed E-state index contributed by atoms with van der Waals surface area (Å²) in [6, 6.07) is 9.84. The van der Waals surface area contributed by atoms with Crippen LogP contribution in [-0.4, -0.2) is 60.6 Å². The van der Waals surface area contributed by atoms with Gasteiger partial charge < -0.3 is 9.64 Å². The molecule has 0 spiro atoms. The van der Waals surface area contributed by atoms with Gasteiger partial charge in [-0.05, 0) is 24.3 Å². The number of rotatable bonds is 5. The smallest absolute Gasteiger partial charge is 0.287 e. The summed E-state index contributed by atoms with van der Waals surface area (Å²) in [4.78, 5) is 17.5. The molecule has 7 heteroatoms. The van der Waals surface area contributed by atoms with Gasteiger partial charge in [-0.2, -0.15) is 5.10 Å². The Bertz CT molecular complexity index is 836. The van der Waals surface area contributed by atoms with E-state index in [0.717, 1.165) is 63.6 Å². The van der Waals surface area contributed by atoms with Crippen molar-refractivity contribution in [2.24, 2.45) is 5.92 Å². The quantitative estimate of drug-likeness (QED) is 0.769. The van der Waals surface area contributed by atoms with Crippen molar-refractivity contribution in [1.82, 2.24) is 14.7 Å². The molecule has 1 aromatic carbocycles. The van der Waals surface area contributed by atoms with Gasteiger partial charge in [0.2, 0.25) is 0 Å². The predicted octanol–water partition coefficient (Wildman–Crippen LogP) is 2.49. The summed E-state index contributed by atoms with van der Waals surface area (Å²) < 4.78 is 6.89. The molecule has 2 aliphatic heterocycles. The van der Waals surface area contributed by atoms with Crippen LogP contribution in [0.1, 0.15) is 18.4 Å². The van der Waals surface area contributed by atoms with Crippen molar-refractivity contribution < 1.29 is 4.74 Å². The number of piperidine rings is 1. The summed E-state index contributed by atoms with van der Waals surface area (Å²) in [7, 11) is 0. The van der Waals surface area contributed by atoms with Crippen LogP contribution in [0.15, 0.2) is 41.3 Å². The molecule has 0 N–H and O–H groups in total.